The minimum Gasteiger partial charge on any atom is -0.491 e. The maximum absolute atomic E-state index is 12.5. The summed E-state index contributed by atoms with van der Waals surface area (Å²) in [6, 6.07) is 12.7. The van der Waals surface area contributed by atoms with E-state index in [1.807, 2.05) is 13.8 Å². The molecule has 0 spiro atoms. The lowest BCUT2D eigenvalue weighted by molar-refractivity contribution is -0.116. The van der Waals surface area contributed by atoms with Gasteiger partial charge in [-0.15, -0.1) is 0 Å². The lowest BCUT2D eigenvalue weighted by Crippen LogP contribution is -2.14. The van der Waals surface area contributed by atoms with Crippen LogP contribution in [0.25, 0.3) is 0 Å². The van der Waals surface area contributed by atoms with Gasteiger partial charge in [0.15, 0.2) is 0 Å². The van der Waals surface area contributed by atoms with E-state index >= 15 is 0 Å². The lowest BCUT2D eigenvalue weighted by atomic mass is 10.1. The molecule has 2 rings (SSSR count). The third kappa shape index (κ3) is 6.86. The Labute approximate surface area is 166 Å². The first-order chi connectivity index (χ1) is 13.3. The summed E-state index contributed by atoms with van der Waals surface area (Å²) >= 11 is 0. The van der Waals surface area contributed by atoms with Crippen molar-refractivity contribution < 1.29 is 22.7 Å². The number of methoxy groups -OCH3 is 1. The minimum absolute atomic E-state index is 0.0730. The summed E-state index contributed by atoms with van der Waals surface area (Å²) in [7, 11) is -2.14. The van der Waals surface area contributed by atoms with Gasteiger partial charge < -0.3 is 14.8 Å². The van der Waals surface area contributed by atoms with E-state index in [1.165, 1.54) is 12.1 Å². The quantitative estimate of drug-likeness (QED) is 0.589. The average molecular weight is 407 g/mol. The summed E-state index contributed by atoms with van der Waals surface area (Å²) in [4.78, 5) is 11.9. The van der Waals surface area contributed by atoms with Gasteiger partial charge in [-0.25, -0.2) is 8.42 Å². The molecule has 152 valence electrons. The van der Waals surface area contributed by atoms with Gasteiger partial charge in [-0.2, -0.15) is 0 Å². The van der Waals surface area contributed by atoms with Crippen LogP contribution >= 0.6 is 0 Å². The summed E-state index contributed by atoms with van der Waals surface area (Å²) in [6.45, 7) is 4.78. The third-order valence-electron chi connectivity index (χ3n) is 3.70. The van der Waals surface area contributed by atoms with Crippen LogP contribution < -0.4 is 14.8 Å². The zero-order valence-electron chi connectivity index (χ0n) is 16.3. The number of benzene rings is 2. The third-order valence-corrected chi connectivity index (χ3v) is 5.10. The number of anilines is 2. The van der Waals surface area contributed by atoms with Crippen molar-refractivity contribution in [3.05, 3.63) is 48.5 Å². The van der Waals surface area contributed by atoms with Gasteiger partial charge in [-0.3, -0.25) is 9.52 Å². The van der Waals surface area contributed by atoms with Crippen molar-refractivity contribution >= 4 is 27.3 Å². The van der Waals surface area contributed by atoms with Crippen molar-refractivity contribution in [1.82, 2.24) is 0 Å². The molecule has 0 radical (unpaired) electrons. The Morgan fingerprint density at radius 1 is 0.964 bits per heavy atom. The molecule has 2 aromatic carbocycles. The van der Waals surface area contributed by atoms with Crippen molar-refractivity contribution in [2.45, 2.75) is 25.2 Å². The number of carbonyl (C=O) groups is 1. The second kappa shape index (κ2) is 10.1. The van der Waals surface area contributed by atoms with Crippen LogP contribution in [0.5, 0.6) is 5.75 Å². The molecule has 0 aliphatic rings. The molecule has 0 aromatic heterocycles. The number of ether oxygens (including phenoxy) is 2. The minimum atomic E-state index is -3.72. The standard InChI is InChI=1S/C20H26N2O5S/c1-15(2)14-20(23)21-16-4-6-17(7-5-16)22-28(24,25)19-10-8-18(9-11-19)27-13-12-26-3/h4-11,15,22H,12-14H2,1-3H3,(H,21,23). The Morgan fingerprint density at radius 3 is 2.14 bits per heavy atom. The summed E-state index contributed by atoms with van der Waals surface area (Å²) in [5.74, 6) is 0.761. The summed E-state index contributed by atoms with van der Waals surface area (Å²) < 4.78 is 37.9. The van der Waals surface area contributed by atoms with E-state index in [-0.39, 0.29) is 16.7 Å². The first-order valence-corrected chi connectivity index (χ1v) is 10.4. The van der Waals surface area contributed by atoms with Crippen molar-refractivity contribution in [1.29, 1.82) is 0 Å². The highest BCUT2D eigenvalue weighted by Gasteiger charge is 2.14. The van der Waals surface area contributed by atoms with Crippen molar-refractivity contribution in [3.63, 3.8) is 0 Å². The molecule has 0 fully saturated rings. The van der Waals surface area contributed by atoms with Crippen LogP contribution in [0.3, 0.4) is 0 Å². The molecular weight excluding hydrogens is 380 g/mol. The monoisotopic (exact) mass is 406 g/mol. The Kier molecular flexibility index (Phi) is 7.83. The van der Waals surface area contributed by atoms with Crippen LogP contribution in [0.15, 0.2) is 53.4 Å². The second-order valence-electron chi connectivity index (χ2n) is 6.64. The maximum atomic E-state index is 12.5. The van der Waals surface area contributed by atoms with Gasteiger partial charge in [0.05, 0.1) is 11.5 Å². The van der Waals surface area contributed by atoms with Crippen molar-refractivity contribution in [3.8, 4) is 5.75 Å². The zero-order valence-corrected chi connectivity index (χ0v) is 17.1. The molecule has 2 N–H and O–H groups in total. The van der Waals surface area contributed by atoms with Gasteiger partial charge in [-0.05, 0) is 54.4 Å². The highest BCUT2D eigenvalue weighted by Crippen LogP contribution is 2.21. The molecule has 0 heterocycles. The Balaban J connectivity index is 1.98. The topological polar surface area (TPSA) is 93.7 Å². The van der Waals surface area contributed by atoms with E-state index in [2.05, 4.69) is 10.0 Å². The Hall–Kier alpha value is -2.58. The van der Waals surface area contributed by atoms with Crippen LogP contribution in [-0.2, 0) is 19.6 Å². The second-order valence-corrected chi connectivity index (χ2v) is 8.32. The van der Waals surface area contributed by atoms with Gasteiger partial charge in [0, 0.05) is 24.9 Å². The fourth-order valence-electron chi connectivity index (χ4n) is 2.38. The molecule has 0 aliphatic carbocycles. The van der Waals surface area contributed by atoms with Gasteiger partial charge in [-0.1, -0.05) is 13.8 Å². The van der Waals surface area contributed by atoms with E-state index in [1.54, 1.807) is 43.5 Å². The van der Waals surface area contributed by atoms with Crippen LogP contribution in [0, 0.1) is 5.92 Å². The molecular formula is C20H26N2O5S. The van der Waals surface area contributed by atoms with Crippen LogP contribution in [0.2, 0.25) is 0 Å². The summed E-state index contributed by atoms with van der Waals surface area (Å²) in [6.07, 6.45) is 0.430. The normalized spacial score (nSPS) is 11.3. The predicted molar refractivity (Wildman–Crippen MR) is 109 cm³/mol. The number of sulfonamides is 1. The average Bonchev–Trinajstić information content (AvgIpc) is 2.63. The predicted octanol–water partition coefficient (Wildman–Crippen LogP) is 3.50. The molecule has 8 heteroatoms. The fraction of sp³-hybridized carbons (Fsp3) is 0.350. The highest BCUT2D eigenvalue weighted by atomic mass is 32.2. The van der Waals surface area contributed by atoms with E-state index in [9.17, 15) is 13.2 Å². The van der Waals surface area contributed by atoms with Crippen LogP contribution in [-0.4, -0.2) is 34.6 Å². The van der Waals surface area contributed by atoms with Gasteiger partial charge in [0.2, 0.25) is 5.91 Å². The molecule has 7 nitrogen and oxygen atoms in total. The highest BCUT2D eigenvalue weighted by molar-refractivity contribution is 7.92. The van der Waals surface area contributed by atoms with Crippen molar-refractivity contribution in [2.24, 2.45) is 5.92 Å². The number of carbonyl (C=O) groups excluding carboxylic acids is 1. The number of nitrogens with one attached hydrogen (secondary N) is 2. The molecule has 0 saturated carbocycles. The van der Waals surface area contributed by atoms with E-state index < -0.39 is 10.0 Å². The van der Waals surface area contributed by atoms with Crippen LogP contribution in [0.4, 0.5) is 11.4 Å². The fourth-order valence-corrected chi connectivity index (χ4v) is 3.43. The van der Waals surface area contributed by atoms with Crippen LogP contribution in [0.1, 0.15) is 20.3 Å². The molecule has 28 heavy (non-hydrogen) atoms. The van der Waals surface area contributed by atoms with E-state index in [0.717, 1.165) is 0 Å². The number of hydrogen-bond donors (Lipinski definition) is 2. The van der Waals surface area contributed by atoms with E-state index in [4.69, 9.17) is 9.47 Å². The molecule has 0 bridgehead atoms. The van der Waals surface area contributed by atoms with E-state index in [0.29, 0.717) is 36.8 Å². The first-order valence-electron chi connectivity index (χ1n) is 8.94. The summed E-state index contributed by atoms with van der Waals surface area (Å²) in [5.41, 5.74) is 1.02. The molecule has 0 unspecified atom stereocenters. The molecule has 0 atom stereocenters. The van der Waals surface area contributed by atoms with Gasteiger partial charge >= 0.3 is 0 Å². The van der Waals surface area contributed by atoms with Gasteiger partial charge in [0.25, 0.3) is 10.0 Å². The molecule has 2 aromatic rings. The SMILES string of the molecule is COCCOc1ccc(S(=O)(=O)Nc2ccc(NC(=O)CC(C)C)cc2)cc1. The first kappa shape index (κ1) is 21.7. The zero-order chi connectivity index (χ0) is 20.6. The lowest BCUT2D eigenvalue weighted by Gasteiger charge is -2.11. The maximum Gasteiger partial charge on any atom is 0.261 e. The number of hydrogen-bond acceptors (Lipinski definition) is 5. The Morgan fingerprint density at radius 2 is 1.57 bits per heavy atom. The Bertz CT molecular complexity index is 862. The largest absolute Gasteiger partial charge is 0.491 e. The molecule has 0 saturated heterocycles. The molecule has 0 aliphatic heterocycles. The smallest absolute Gasteiger partial charge is 0.261 e. The van der Waals surface area contributed by atoms with Gasteiger partial charge in [0.1, 0.15) is 12.4 Å². The summed E-state index contributed by atoms with van der Waals surface area (Å²) in [5, 5.41) is 2.78. The van der Waals surface area contributed by atoms with Crippen molar-refractivity contribution in [2.75, 3.05) is 30.4 Å². The number of amides is 1. The molecule has 1 amide bonds. The number of rotatable bonds is 10.